The molecule has 2 nitrogen and oxygen atoms in total. The largest absolute Gasteiger partial charge is 0.322 e. The van der Waals surface area contributed by atoms with Gasteiger partial charge in [-0.3, -0.25) is 4.79 Å². The average Bonchev–Trinajstić information content (AvgIpc) is 2.15. The van der Waals surface area contributed by atoms with Gasteiger partial charge in [-0.15, -0.1) is 0 Å². The zero-order valence-electron chi connectivity index (χ0n) is 7.93. The summed E-state index contributed by atoms with van der Waals surface area (Å²) < 4.78 is 39.3. The van der Waals surface area contributed by atoms with Crippen molar-refractivity contribution in [2.75, 3.05) is 0 Å². The van der Waals surface area contributed by atoms with E-state index >= 15 is 0 Å². The Bertz CT molecular complexity index is 569. The fourth-order valence-corrected chi connectivity index (χ4v) is 1.39. The van der Waals surface area contributed by atoms with Gasteiger partial charge in [0.2, 0.25) is 5.56 Å². The molecule has 82 valence electrons. The van der Waals surface area contributed by atoms with Crippen LogP contribution < -0.4 is 5.56 Å². The Kier molecular flexibility index (Phi) is 2.52. The van der Waals surface area contributed by atoms with Gasteiger partial charge in [-0.05, 0) is 6.07 Å². The van der Waals surface area contributed by atoms with Crippen LogP contribution in [0.2, 0.25) is 0 Å². The second-order valence-corrected chi connectivity index (χ2v) is 3.17. The van der Waals surface area contributed by atoms with E-state index in [9.17, 15) is 18.0 Å². The molecule has 0 atom stereocenters. The van der Waals surface area contributed by atoms with E-state index in [4.69, 9.17) is 0 Å². The summed E-state index contributed by atoms with van der Waals surface area (Å²) in [5.74, 6) is -3.12. The standard InChI is InChI=1S/C11H6F3NO/c12-6-4-7(13)11(8(14)5-6)9-2-1-3-10(16)15-9/h1-5H,(H,15,16). The molecule has 1 aromatic carbocycles. The molecule has 0 aliphatic carbocycles. The Morgan fingerprint density at radius 2 is 1.62 bits per heavy atom. The maximum Gasteiger partial charge on any atom is 0.248 e. The predicted octanol–water partition coefficient (Wildman–Crippen LogP) is 2.46. The number of aromatic nitrogens is 1. The molecule has 0 saturated heterocycles. The number of benzene rings is 1. The normalized spacial score (nSPS) is 10.4. The fraction of sp³-hybridized carbons (Fsp3) is 0. The van der Waals surface area contributed by atoms with Gasteiger partial charge in [-0.25, -0.2) is 13.2 Å². The number of H-pyrrole nitrogens is 1. The van der Waals surface area contributed by atoms with Gasteiger partial charge in [0.05, 0.1) is 11.3 Å². The Hall–Kier alpha value is -2.04. The zero-order valence-corrected chi connectivity index (χ0v) is 7.93. The highest BCUT2D eigenvalue weighted by Gasteiger charge is 2.13. The van der Waals surface area contributed by atoms with Crippen LogP contribution >= 0.6 is 0 Å². The van der Waals surface area contributed by atoms with E-state index in [-0.39, 0.29) is 5.69 Å². The van der Waals surface area contributed by atoms with E-state index in [0.29, 0.717) is 12.1 Å². The predicted molar refractivity (Wildman–Crippen MR) is 52.4 cm³/mol. The van der Waals surface area contributed by atoms with Crippen molar-refractivity contribution in [2.24, 2.45) is 0 Å². The third kappa shape index (κ3) is 1.84. The molecular formula is C11H6F3NO. The quantitative estimate of drug-likeness (QED) is 0.794. The molecule has 0 aliphatic heterocycles. The molecule has 0 radical (unpaired) electrons. The molecular weight excluding hydrogens is 219 g/mol. The summed E-state index contributed by atoms with van der Waals surface area (Å²) in [4.78, 5) is 13.2. The Labute approximate surface area is 88.4 Å². The Morgan fingerprint density at radius 3 is 2.19 bits per heavy atom. The molecule has 1 aromatic heterocycles. The fourth-order valence-electron chi connectivity index (χ4n) is 1.39. The zero-order chi connectivity index (χ0) is 11.7. The molecule has 0 saturated carbocycles. The van der Waals surface area contributed by atoms with Crippen molar-refractivity contribution < 1.29 is 13.2 Å². The molecule has 2 aromatic rings. The van der Waals surface area contributed by atoms with Gasteiger partial charge < -0.3 is 4.98 Å². The summed E-state index contributed by atoms with van der Waals surface area (Å²) in [6.45, 7) is 0. The van der Waals surface area contributed by atoms with Crippen molar-refractivity contribution in [1.82, 2.24) is 4.98 Å². The number of nitrogens with one attached hydrogen (secondary N) is 1. The first kappa shape index (κ1) is 10.5. The van der Waals surface area contributed by atoms with Gasteiger partial charge in [0, 0.05) is 18.2 Å². The second kappa shape index (κ2) is 3.84. The monoisotopic (exact) mass is 225 g/mol. The lowest BCUT2D eigenvalue weighted by molar-refractivity contribution is 0.547. The number of rotatable bonds is 1. The van der Waals surface area contributed by atoms with Gasteiger partial charge in [-0.1, -0.05) is 6.07 Å². The summed E-state index contributed by atoms with van der Waals surface area (Å²) in [5.41, 5.74) is -0.956. The first-order valence-corrected chi connectivity index (χ1v) is 4.42. The molecule has 0 aliphatic rings. The number of hydrogen-bond donors (Lipinski definition) is 1. The van der Waals surface area contributed by atoms with E-state index in [0.717, 1.165) is 0 Å². The number of aromatic amines is 1. The van der Waals surface area contributed by atoms with Gasteiger partial charge >= 0.3 is 0 Å². The topological polar surface area (TPSA) is 32.9 Å². The maximum absolute atomic E-state index is 13.3. The van der Waals surface area contributed by atoms with Crippen LogP contribution in [0.5, 0.6) is 0 Å². The molecule has 0 unspecified atom stereocenters. The van der Waals surface area contributed by atoms with Gasteiger partial charge in [-0.2, -0.15) is 0 Å². The van der Waals surface area contributed by atoms with Crippen LogP contribution in [0.1, 0.15) is 0 Å². The number of hydrogen-bond acceptors (Lipinski definition) is 1. The Morgan fingerprint density at radius 1 is 1.00 bits per heavy atom. The summed E-state index contributed by atoms with van der Waals surface area (Å²) in [5, 5.41) is 0. The lowest BCUT2D eigenvalue weighted by Gasteiger charge is -2.04. The summed E-state index contributed by atoms with van der Waals surface area (Å²) in [6, 6.07) is 5.02. The molecule has 2 rings (SSSR count). The second-order valence-electron chi connectivity index (χ2n) is 3.17. The first-order chi connectivity index (χ1) is 7.58. The van der Waals surface area contributed by atoms with Crippen LogP contribution in [0.25, 0.3) is 11.3 Å². The van der Waals surface area contributed by atoms with Crippen molar-refractivity contribution in [3.8, 4) is 11.3 Å². The minimum atomic E-state index is -1.06. The van der Waals surface area contributed by atoms with Crippen LogP contribution in [0.4, 0.5) is 13.2 Å². The minimum absolute atomic E-state index is 0.0255. The molecule has 1 N–H and O–H groups in total. The maximum atomic E-state index is 13.3. The van der Waals surface area contributed by atoms with Crippen LogP contribution in [0.15, 0.2) is 35.1 Å². The van der Waals surface area contributed by atoms with Crippen molar-refractivity contribution in [3.05, 3.63) is 58.1 Å². The molecule has 16 heavy (non-hydrogen) atoms. The van der Waals surface area contributed by atoms with Crippen molar-refractivity contribution in [1.29, 1.82) is 0 Å². The third-order valence-electron chi connectivity index (χ3n) is 2.04. The van der Waals surface area contributed by atoms with Gasteiger partial charge in [0.15, 0.2) is 0 Å². The van der Waals surface area contributed by atoms with E-state index in [2.05, 4.69) is 4.98 Å². The highest BCUT2D eigenvalue weighted by molar-refractivity contribution is 5.60. The summed E-state index contributed by atoms with van der Waals surface area (Å²) >= 11 is 0. The highest BCUT2D eigenvalue weighted by atomic mass is 19.1. The lowest BCUT2D eigenvalue weighted by Crippen LogP contribution is -2.05. The molecule has 0 amide bonds. The summed E-state index contributed by atoms with van der Waals surface area (Å²) in [6.07, 6.45) is 0. The van der Waals surface area contributed by atoms with E-state index in [1.807, 2.05) is 0 Å². The molecule has 0 bridgehead atoms. The first-order valence-electron chi connectivity index (χ1n) is 4.42. The lowest BCUT2D eigenvalue weighted by atomic mass is 10.1. The van der Waals surface area contributed by atoms with Crippen LogP contribution in [-0.2, 0) is 0 Å². The van der Waals surface area contributed by atoms with Crippen molar-refractivity contribution in [2.45, 2.75) is 0 Å². The smallest absolute Gasteiger partial charge is 0.248 e. The SMILES string of the molecule is O=c1cccc(-c2c(F)cc(F)cc2F)[nH]1. The van der Waals surface area contributed by atoms with E-state index in [1.54, 1.807) is 0 Å². The Balaban J connectivity index is 2.69. The third-order valence-corrected chi connectivity index (χ3v) is 2.04. The van der Waals surface area contributed by atoms with E-state index < -0.39 is 28.6 Å². The molecule has 5 heteroatoms. The minimum Gasteiger partial charge on any atom is -0.322 e. The summed E-state index contributed by atoms with van der Waals surface area (Å²) in [7, 11) is 0. The van der Waals surface area contributed by atoms with Crippen LogP contribution in [-0.4, -0.2) is 4.98 Å². The number of pyridine rings is 1. The van der Waals surface area contributed by atoms with Gasteiger partial charge in [0.1, 0.15) is 17.5 Å². The molecule has 0 spiro atoms. The molecule has 1 heterocycles. The van der Waals surface area contributed by atoms with Crippen LogP contribution in [0.3, 0.4) is 0 Å². The van der Waals surface area contributed by atoms with E-state index in [1.165, 1.54) is 18.2 Å². The average molecular weight is 225 g/mol. The molecule has 0 fully saturated rings. The van der Waals surface area contributed by atoms with Crippen molar-refractivity contribution >= 4 is 0 Å². The number of halogens is 3. The van der Waals surface area contributed by atoms with Gasteiger partial charge in [0.25, 0.3) is 0 Å². The van der Waals surface area contributed by atoms with Crippen molar-refractivity contribution in [3.63, 3.8) is 0 Å². The highest BCUT2D eigenvalue weighted by Crippen LogP contribution is 2.24. The van der Waals surface area contributed by atoms with Crippen LogP contribution in [0, 0.1) is 17.5 Å².